The van der Waals surface area contributed by atoms with Crippen molar-refractivity contribution in [2.24, 2.45) is 5.92 Å². The number of nitrogens with zero attached hydrogens (tertiary/aromatic N) is 1. The van der Waals surface area contributed by atoms with Crippen molar-refractivity contribution >= 4 is 21.6 Å². The number of quaternary nitrogens is 1. The number of aromatic nitrogens is 2. The Morgan fingerprint density at radius 1 is 1.37 bits per heavy atom. The molecule has 5 nitrogen and oxygen atoms in total. The number of methoxy groups -OCH3 is 1. The SMILES string of the molecule is COc1ccc(C[NH2+][C@@H](C)c2nc3sc4c(c3c(=O)[nH]2)CC[C@@H](C)C4)cc1. The van der Waals surface area contributed by atoms with Crippen LogP contribution in [0.5, 0.6) is 5.75 Å². The lowest BCUT2D eigenvalue weighted by atomic mass is 9.89. The van der Waals surface area contributed by atoms with E-state index in [2.05, 4.69) is 36.3 Å². The van der Waals surface area contributed by atoms with Crippen LogP contribution >= 0.6 is 11.3 Å². The molecule has 0 fully saturated rings. The van der Waals surface area contributed by atoms with Crippen LogP contribution in [0, 0.1) is 5.92 Å². The van der Waals surface area contributed by atoms with Gasteiger partial charge in [0, 0.05) is 10.4 Å². The molecule has 1 aliphatic carbocycles. The van der Waals surface area contributed by atoms with Gasteiger partial charge in [-0.05, 0) is 61.9 Å². The Labute approximate surface area is 162 Å². The Morgan fingerprint density at radius 2 is 2.15 bits per heavy atom. The van der Waals surface area contributed by atoms with Crippen LogP contribution in [0.4, 0.5) is 0 Å². The first-order chi connectivity index (χ1) is 13.0. The maximum absolute atomic E-state index is 12.7. The summed E-state index contributed by atoms with van der Waals surface area (Å²) in [6.07, 6.45) is 3.23. The number of thiophene rings is 1. The summed E-state index contributed by atoms with van der Waals surface area (Å²) >= 11 is 1.71. The number of ether oxygens (including phenoxy) is 1. The molecule has 1 aliphatic rings. The minimum Gasteiger partial charge on any atom is -0.497 e. The summed E-state index contributed by atoms with van der Waals surface area (Å²) in [7, 11) is 1.67. The van der Waals surface area contributed by atoms with Gasteiger partial charge in [-0.25, -0.2) is 4.98 Å². The smallest absolute Gasteiger partial charge is 0.260 e. The molecule has 6 heteroatoms. The summed E-state index contributed by atoms with van der Waals surface area (Å²) in [6, 6.07) is 8.16. The molecule has 0 bridgehead atoms. The van der Waals surface area contributed by atoms with E-state index >= 15 is 0 Å². The fraction of sp³-hybridized carbons (Fsp3) is 0.429. The lowest BCUT2D eigenvalue weighted by molar-refractivity contribution is -0.709. The summed E-state index contributed by atoms with van der Waals surface area (Å²) in [5.74, 6) is 2.31. The molecule has 3 aromatic rings. The number of aromatic amines is 1. The number of benzene rings is 1. The van der Waals surface area contributed by atoms with Crippen molar-refractivity contribution in [2.75, 3.05) is 7.11 Å². The van der Waals surface area contributed by atoms with E-state index in [1.807, 2.05) is 12.1 Å². The Kier molecular flexibility index (Phi) is 5.02. The van der Waals surface area contributed by atoms with E-state index < -0.39 is 0 Å². The summed E-state index contributed by atoms with van der Waals surface area (Å²) in [5.41, 5.74) is 2.47. The van der Waals surface area contributed by atoms with Crippen molar-refractivity contribution < 1.29 is 10.1 Å². The molecule has 0 aliphatic heterocycles. The van der Waals surface area contributed by atoms with Gasteiger partial charge in [0.1, 0.15) is 23.2 Å². The Morgan fingerprint density at radius 3 is 2.89 bits per heavy atom. The highest BCUT2D eigenvalue weighted by atomic mass is 32.1. The molecule has 0 saturated heterocycles. The highest BCUT2D eigenvalue weighted by Gasteiger charge is 2.24. The molecule has 4 rings (SSSR count). The van der Waals surface area contributed by atoms with E-state index in [0.29, 0.717) is 5.92 Å². The first-order valence-corrected chi connectivity index (χ1v) is 10.4. The molecule has 2 aromatic heterocycles. The van der Waals surface area contributed by atoms with E-state index in [1.54, 1.807) is 18.4 Å². The normalized spacial score (nSPS) is 17.7. The standard InChI is InChI=1S/C21H25N3O2S/c1-12-4-9-16-17(10-12)27-21-18(16)20(25)23-19(24-21)13(2)22-11-14-5-7-15(26-3)8-6-14/h5-8,12-13,22H,4,9-11H2,1-3H3,(H,23,24,25)/p+1/t12-,13+/m1/s1. The van der Waals surface area contributed by atoms with Crippen molar-refractivity contribution in [3.63, 3.8) is 0 Å². The molecule has 0 spiro atoms. The second-order valence-corrected chi connectivity index (χ2v) is 8.64. The number of hydrogen-bond acceptors (Lipinski definition) is 4. The molecular weight excluding hydrogens is 358 g/mol. The quantitative estimate of drug-likeness (QED) is 0.710. The van der Waals surface area contributed by atoms with Crippen molar-refractivity contribution in [3.8, 4) is 5.75 Å². The maximum Gasteiger partial charge on any atom is 0.260 e. The molecule has 27 heavy (non-hydrogen) atoms. The van der Waals surface area contributed by atoms with Crippen LogP contribution in [-0.4, -0.2) is 17.1 Å². The molecular formula is C21H26N3O2S+. The summed E-state index contributed by atoms with van der Waals surface area (Å²) in [5, 5.41) is 3.02. The summed E-state index contributed by atoms with van der Waals surface area (Å²) in [6.45, 7) is 5.20. The van der Waals surface area contributed by atoms with Gasteiger partial charge in [0.05, 0.1) is 12.5 Å². The highest BCUT2D eigenvalue weighted by molar-refractivity contribution is 7.18. The summed E-state index contributed by atoms with van der Waals surface area (Å²) in [4.78, 5) is 22.9. The van der Waals surface area contributed by atoms with Gasteiger partial charge >= 0.3 is 0 Å². The minimum atomic E-state index is 0.0201. The topological polar surface area (TPSA) is 71.6 Å². The molecule has 2 heterocycles. The predicted molar refractivity (Wildman–Crippen MR) is 108 cm³/mol. The van der Waals surface area contributed by atoms with Gasteiger partial charge in [-0.1, -0.05) is 6.92 Å². The number of H-pyrrole nitrogens is 1. The lowest BCUT2D eigenvalue weighted by Gasteiger charge is -2.17. The van der Waals surface area contributed by atoms with Gasteiger partial charge in [0.2, 0.25) is 0 Å². The molecule has 142 valence electrons. The average molecular weight is 385 g/mol. The zero-order chi connectivity index (χ0) is 19.0. The maximum atomic E-state index is 12.7. The van der Waals surface area contributed by atoms with Crippen LogP contribution < -0.4 is 15.6 Å². The number of fused-ring (bicyclic) bond motifs is 3. The van der Waals surface area contributed by atoms with Gasteiger partial charge in [-0.3, -0.25) is 4.79 Å². The monoisotopic (exact) mass is 384 g/mol. The minimum absolute atomic E-state index is 0.0201. The Bertz CT molecular complexity index is 1010. The zero-order valence-electron chi connectivity index (χ0n) is 16.0. The van der Waals surface area contributed by atoms with Crippen molar-refractivity contribution in [3.05, 3.63) is 56.4 Å². The van der Waals surface area contributed by atoms with E-state index in [-0.39, 0.29) is 11.6 Å². The third-order valence-electron chi connectivity index (χ3n) is 5.48. The molecule has 0 amide bonds. The van der Waals surface area contributed by atoms with E-state index in [4.69, 9.17) is 9.72 Å². The zero-order valence-corrected chi connectivity index (χ0v) is 16.9. The lowest BCUT2D eigenvalue weighted by Crippen LogP contribution is -2.83. The van der Waals surface area contributed by atoms with Gasteiger partial charge in [-0.15, -0.1) is 11.3 Å². The van der Waals surface area contributed by atoms with E-state index in [0.717, 1.165) is 47.6 Å². The largest absolute Gasteiger partial charge is 0.497 e. The van der Waals surface area contributed by atoms with E-state index in [9.17, 15) is 4.79 Å². The number of hydrogen-bond donors (Lipinski definition) is 2. The third-order valence-corrected chi connectivity index (χ3v) is 6.63. The van der Waals surface area contributed by atoms with Crippen LogP contribution in [0.1, 0.15) is 48.1 Å². The van der Waals surface area contributed by atoms with Gasteiger partial charge < -0.3 is 15.0 Å². The van der Waals surface area contributed by atoms with Crippen molar-refractivity contribution in [1.29, 1.82) is 0 Å². The molecule has 0 saturated carbocycles. The number of nitrogens with one attached hydrogen (secondary N) is 1. The van der Waals surface area contributed by atoms with Crippen LogP contribution in [0.3, 0.4) is 0 Å². The van der Waals surface area contributed by atoms with Crippen LogP contribution in [-0.2, 0) is 19.4 Å². The first-order valence-electron chi connectivity index (χ1n) is 9.56. The van der Waals surface area contributed by atoms with Gasteiger partial charge in [0.25, 0.3) is 5.56 Å². The summed E-state index contributed by atoms with van der Waals surface area (Å²) < 4.78 is 5.20. The van der Waals surface area contributed by atoms with Gasteiger partial charge in [-0.2, -0.15) is 0 Å². The van der Waals surface area contributed by atoms with Crippen LogP contribution in [0.25, 0.3) is 10.2 Å². The second-order valence-electron chi connectivity index (χ2n) is 7.56. The Balaban J connectivity index is 1.55. The highest BCUT2D eigenvalue weighted by Crippen LogP contribution is 2.35. The van der Waals surface area contributed by atoms with Crippen LogP contribution in [0.2, 0.25) is 0 Å². The van der Waals surface area contributed by atoms with Crippen LogP contribution in [0.15, 0.2) is 29.1 Å². The van der Waals surface area contributed by atoms with E-state index in [1.165, 1.54) is 16.0 Å². The first kappa shape index (κ1) is 18.2. The third kappa shape index (κ3) is 3.64. The Hall–Kier alpha value is -2.18. The molecule has 2 atom stereocenters. The second kappa shape index (κ2) is 7.44. The number of nitrogens with two attached hydrogens (primary N) is 1. The molecule has 3 N–H and O–H groups in total. The fourth-order valence-corrected chi connectivity index (χ4v) is 5.16. The molecule has 0 radical (unpaired) electrons. The molecule has 1 aromatic carbocycles. The number of rotatable bonds is 5. The predicted octanol–water partition coefficient (Wildman–Crippen LogP) is 2.94. The number of aryl methyl sites for hydroxylation is 1. The fourth-order valence-electron chi connectivity index (χ4n) is 3.77. The van der Waals surface area contributed by atoms with Crippen molar-refractivity contribution in [1.82, 2.24) is 9.97 Å². The van der Waals surface area contributed by atoms with Gasteiger partial charge in [0.15, 0.2) is 5.82 Å². The molecule has 0 unspecified atom stereocenters. The average Bonchev–Trinajstić information content (AvgIpc) is 3.04. The van der Waals surface area contributed by atoms with Crippen molar-refractivity contribution in [2.45, 2.75) is 45.7 Å².